The lowest BCUT2D eigenvalue weighted by molar-refractivity contribution is -0.111. The first-order chi connectivity index (χ1) is 12.3. The van der Waals surface area contributed by atoms with Gasteiger partial charge in [0.25, 0.3) is 0 Å². The number of benzene rings is 1. The normalized spacial score (nSPS) is 11.2. The molecule has 0 spiro atoms. The van der Waals surface area contributed by atoms with Crippen molar-refractivity contribution in [1.82, 2.24) is 9.97 Å². The Morgan fingerprint density at radius 3 is 2.80 bits per heavy atom. The van der Waals surface area contributed by atoms with Crippen molar-refractivity contribution in [1.29, 1.82) is 0 Å². The molecule has 0 aliphatic rings. The van der Waals surface area contributed by atoms with Gasteiger partial charge in [-0.1, -0.05) is 0 Å². The van der Waals surface area contributed by atoms with E-state index in [4.69, 9.17) is 8.83 Å². The van der Waals surface area contributed by atoms with Gasteiger partial charge in [0.2, 0.25) is 11.8 Å². The van der Waals surface area contributed by atoms with Crippen LogP contribution in [0.1, 0.15) is 5.76 Å². The van der Waals surface area contributed by atoms with Crippen molar-refractivity contribution in [2.24, 2.45) is 0 Å². The van der Waals surface area contributed by atoms with Crippen LogP contribution in [0.3, 0.4) is 0 Å². The zero-order valence-electron chi connectivity index (χ0n) is 13.0. The van der Waals surface area contributed by atoms with Gasteiger partial charge >= 0.3 is 0 Å². The van der Waals surface area contributed by atoms with Crippen molar-refractivity contribution in [3.05, 3.63) is 73.0 Å². The first kappa shape index (κ1) is 14.9. The summed E-state index contributed by atoms with van der Waals surface area (Å²) in [7, 11) is 0. The van der Waals surface area contributed by atoms with Crippen LogP contribution in [-0.4, -0.2) is 15.9 Å². The second kappa shape index (κ2) is 6.45. The minimum absolute atomic E-state index is 0.256. The van der Waals surface area contributed by atoms with Crippen molar-refractivity contribution in [2.75, 3.05) is 5.32 Å². The highest BCUT2D eigenvalue weighted by Gasteiger charge is 2.09. The number of hydrogen-bond acceptors (Lipinski definition) is 5. The molecule has 6 nitrogen and oxygen atoms in total. The number of anilines is 1. The number of aromatic nitrogens is 2. The third-order valence-corrected chi connectivity index (χ3v) is 3.52. The van der Waals surface area contributed by atoms with Gasteiger partial charge in [-0.2, -0.15) is 0 Å². The van der Waals surface area contributed by atoms with E-state index in [0.717, 1.165) is 5.56 Å². The van der Waals surface area contributed by atoms with E-state index in [1.165, 1.54) is 6.08 Å². The number of hydrogen-bond donors (Lipinski definition) is 1. The Morgan fingerprint density at radius 2 is 2.00 bits per heavy atom. The van der Waals surface area contributed by atoms with Gasteiger partial charge in [-0.3, -0.25) is 9.78 Å². The summed E-state index contributed by atoms with van der Waals surface area (Å²) in [4.78, 5) is 20.4. The maximum Gasteiger partial charge on any atom is 0.248 e. The molecule has 0 saturated carbocycles. The summed E-state index contributed by atoms with van der Waals surface area (Å²) in [6.45, 7) is 0. The van der Waals surface area contributed by atoms with Gasteiger partial charge in [0.05, 0.1) is 6.26 Å². The van der Waals surface area contributed by atoms with Crippen LogP contribution in [0.25, 0.3) is 28.6 Å². The minimum atomic E-state index is -0.256. The minimum Gasteiger partial charge on any atom is -0.465 e. The Labute approximate surface area is 142 Å². The Kier molecular flexibility index (Phi) is 3.84. The molecule has 0 fully saturated rings. The molecule has 3 aromatic heterocycles. The molecule has 6 heteroatoms. The van der Waals surface area contributed by atoms with E-state index in [-0.39, 0.29) is 5.91 Å². The van der Waals surface area contributed by atoms with E-state index >= 15 is 0 Å². The fourth-order valence-corrected chi connectivity index (χ4v) is 2.35. The van der Waals surface area contributed by atoms with Crippen molar-refractivity contribution in [3.63, 3.8) is 0 Å². The standard InChI is InChI=1S/C19H13N3O3/c23-18(6-4-15-2-1-11-24-15)21-14-3-5-17-16(12-14)22-19(25-17)13-7-9-20-10-8-13/h1-12H,(H,21,23). The van der Waals surface area contributed by atoms with Crippen LogP contribution in [0.2, 0.25) is 0 Å². The van der Waals surface area contributed by atoms with Crippen LogP contribution in [0.5, 0.6) is 0 Å². The number of fused-ring (bicyclic) bond motifs is 1. The summed E-state index contributed by atoms with van der Waals surface area (Å²) in [5.41, 5.74) is 2.80. The number of furan rings is 1. The lowest BCUT2D eigenvalue weighted by Crippen LogP contribution is -2.07. The topological polar surface area (TPSA) is 81.2 Å². The van der Waals surface area contributed by atoms with Gasteiger partial charge in [-0.15, -0.1) is 0 Å². The molecule has 1 N–H and O–H groups in total. The Bertz CT molecular complexity index is 1030. The molecule has 25 heavy (non-hydrogen) atoms. The second-order valence-electron chi connectivity index (χ2n) is 5.28. The van der Waals surface area contributed by atoms with Crippen LogP contribution in [0.15, 0.2) is 76.0 Å². The Morgan fingerprint density at radius 1 is 1.12 bits per heavy atom. The van der Waals surface area contributed by atoms with Gasteiger partial charge in [-0.05, 0) is 48.5 Å². The summed E-state index contributed by atoms with van der Waals surface area (Å²) in [6, 6.07) is 12.5. The predicted octanol–water partition coefficient (Wildman–Crippen LogP) is 4.13. The fourth-order valence-electron chi connectivity index (χ4n) is 2.35. The summed E-state index contributed by atoms with van der Waals surface area (Å²) < 4.78 is 10.9. The number of carbonyl (C=O) groups excluding carboxylic acids is 1. The molecular formula is C19H13N3O3. The maximum atomic E-state index is 12.0. The van der Waals surface area contributed by atoms with Gasteiger partial charge in [0.1, 0.15) is 11.3 Å². The summed E-state index contributed by atoms with van der Waals surface area (Å²) in [6.07, 6.45) is 7.93. The molecule has 0 bridgehead atoms. The lowest BCUT2D eigenvalue weighted by Gasteiger charge is -2.00. The molecule has 4 aromatic rings. The van der Waals surface area contributed by atoms with Crippen molar-refractivity contribution >= 4 is 28.8 Å². The third-order valence-electron chi connectivity index (χ3n) is 3.52. The zero-order chi connectivity index (χ0) is 17.1. The Hall–Kier alpha value is -3.67. The number of nitrogens with zero attached hydrogens (tertiary/aromatic N) is 2. The number of oxazole rings is 1. The van der Waals surface area contributed by atoms with E-state index in [9.17, 15) is 4.79 Å². The van der Waals surface area contributed by atoms with Crippen LogP contribution in [0.4, 0.5) is 5.69 Å². The highest BCUT2D eigenvalue weighted by molar-refractivity contribution is 6.02. The van der Waals surface area contributed by atoms with E-state index in [1.54, 1.807) is 55.1 Å². The molecule has 1 aromatic carbocycles. The Balaban J connectivity index is 1.54. The molecule has 0 aliphatic carbocycles. The van der Waals surface area contributed by atoms with Crippen LogP contribution in [-0.2, 0) is 4.79 Å². The first-order valence-corrected chi connectivity index (χ1v) is 7.61. The summed E-state index contributed by atoms with van der Waals surface area (Å²) in [5.74, 6) is 0.872. The number of amides is 1. The van der Waals surface area contributed by atoms with E-state index in [1.807, 2.05) is 12.1 Å². The number of pyridine rings is 1. The van der Waals surface area contributed by atoms with Gasteiger partial charge in [0, 0.05) is 29.7 Å². The average Bonchev–Trinajstić information content (AvgIpc) is 3.30. The zero-order valence-corrected chi connectivity index (χ0v) is 13.0. The fraction of sp³-hybridized carbons (Fsp3) is 0. The molecule has 1 amide bonds. The largest absolute Gasteiger partial charge is 0.465 e. The van der Waals surface area contributed by atoms with Crippen molar-refractivity contribution in [3.8, 4) is 11.5 Å². The van der Waals surface area contributed by atoms with Crippen LogP contribution in [0, 0.1) is 0 Å². The molecule has 0 saturated heterocycles. The molecule has 4 rings (SSSR count). The maximum absolute atomic E-state index is 12.0. The second-order valence-corrected chi connectivity index (χ2v) is 5.28. The predicted molar refractivity (Wildman–Crippen MR) is 93.6 cm³/mol. The van der Waals surface area contributed by atoms with E-state index in [2.05, 4.69) is 15.3 Å². The molecule has 0 unspecified atom stereocenters. The summed E-state index contributed by atoms with van der Waals surface area (Å²) >= 11 is 0. The van der Waals surface area contributed by atoms with Crippen LogP contribution < -0.4 is 5.32 Å². The molecule has 0 radical (unpaired) electrons. The molecular weight excluding hydrogens is 318 g/mol. The molecule has 0 aliphatic heterocycles. The monoisotopic (exact) mass is 331 g/mol. The summed E-state index contributed by atoms with van der Waals surface area (Å²) in [5, 5.41) is 2.79. The van der Waals surface area contributed by atoms with Gasteiger partial charge in [-0.25, -0.2) is 4.98 Å². The molecule has 122 valence electrons. The highest BCUT2D eigenvalue weighted by atomic mass is 16.3. The van der Waals surface area contributed by atoms with Gasteiger partial charge < -0.3 is 14.2 Å². The van der Waals surface area contributed by atoms with E-state index < -0.39 is 0 Å². The highest BCUT2D eigenvalue weighted by Crippen LogP contribution is 2.25. The lowest BCUT2D eigenvalue weighted by atomic mass is 10.2. The molecule has 3 heterocycles. The SMILES string of the molecule is O=C(C=Cc1ccco1)Nc1ccc2oc(-c3ccncc3)nc2c1. The van der Waals surface area contributed by atoms with Crippen molar-refractivity contribution in [2.45, 2.75) is 0 Å². The van der Waals surface area contributed by atoms with Crippen LogP contribution >= 0.6 is 0 Å². The quantitative estimate of drug-likeness (QED) is 0.569. The smallest absolute Gasteiger partial charge is 0.248 e. The van der Waals surface area contributed by atoms with Crippen molar-refractivity contribution < 1.29 is 13.6 Å². The molecule has 0 atom stereocenters. The number of nitrogens with one attached hydrogen (secondary N) is 1. The number of carbonyl (C=O) groups is 1. The van der Waals surface area contributed by atoms with Gasteiger partial charge in [0.15, 0.2) is 5.58 Å². The first-order valence-electron chi connectivity index (χ1n) is 7.61. The van der Waals surface area contributed by atoms with E-state index in [0.29, 0.717) is 28.4 Å². The number of rotatable bonds is 4. The average molecular weight is 331 g/mol. The third kappa shape index (κ3) is 3.32.